The van der Waals surface area contributed by atoms with Gasteiger partial charge in [-0.15, -0.1) is 17.5 Å². The van der Waals surface area contributed by atoms with E-state index < -0.39 is 10.0 Å². The first-order valence-corrected chi connectivity index (χ1v) is 6.69. The molecule has 0 atom stereocenters. The minimum atomic E-state index is -3.12. The maximum Gasteiger partial charge on any atom is 0.324 e. The molecule has 0 aromatic heterocycles. The van der Waals surface area contributed by atoms with E-state index in [0.29, 0.717) is 32.6 Å². The normalized spacial score (nSPS) is 18.9. The van der Waals surface area contributed by atoms with Crippen LogP contribution in [0.15, 0.2) is 0 Å². The molecule has 0 N–H and O–H groups in total. The van der Waals surface area contributed by atoms with Crippen molar-refractivity contribution in [2.75, 3.05) is 32.4 Å². The van der Waals surface area contributed by atoms with Crippen LogP contribution in [0.2, 0.25) is 0 Å². The number of sulfonamides is 1. The van der Waals surface area contributed by atoms with Gasteiger partial charge in [-0.1, -0.05) is 6.92 Å². The number of piperazine rings is 1. The molecule has 8 heteroatoms. The zero-order chi connectivity index (χ0) is 11.5. The second kappa shape index (κ2) is 6.39. The molecule has 0 radical (unpaired) electrons. The van der Waals surface area contributed by atoms with E-state index in [1.807, 2.05) is 0 Å². The van der Waals surface area contributed by atoms with Crippen molar-refractivity contribution in [3.8, 4) is 0 Å². The predicted molar refractivity (Wildman–Crippen MR) is 61.6 cm³/mol. The SMILES string of the molecule is CCC(=O)ON1CCN(S(C)(=O)=O)CC1.Cl. The highest BCUT2D eigenvalue weighted by molar-refractivity contribution is 7.88. The summed E-state index contributed by atoms with van der Waals surface area (Å²) >= 11 is 0. The third-order valence-electron chi connectivity index (χ3n) is 2.19. The quantitative estimate of drug-likeness (QED) is 0.715. The predicted octanol–water partition coefficient (Wildman–Crippen LogP) is -0.146. The van der Waals surface area contributed by atoms with Crippen molar-refractivity contribution >= 4 is 28.4 Å². The fourth-order valence-corrected chi connectivity index (χ4v) is 2.13. The Balaban J connectivity index is 0.00000225. The van der Waals surface area contributed by atoms with Gasteiger partial charge in [0, 0.05) is 32.6 Å². The minimum Gasteiger partial charge on any atom is -0.368 e. The number of hydrogen-bond acceptors (Lipinski definition) is 5. The molecule has 1 aliphatic rings. The summed E-state index contributed by atoms with van der Waals surface area (Å²) in [5, 5.41) is 1.51. The van der Waals surface area contributed by atoms with Crippen molar-refractivity contribution in [2.45, 2.75) is 13.3 Å². The first kappa shape index (κ1) is 15.6. The molecule has 0 bridgehead atoms. The highest BCUT2D eigenvalue weighted by Gasteiger charge is 2.24. The summed E-state index contributed by atoms with van der Waals surface area (Å²) in [5.74, 6) is -0.289. The van der Waals surface area contributed by atoms with Crippen LogP contribution in [0.4, 0.5) is 0 Å². The average molecular weight is 273 g/mol. The van der Waals surface area contributed by atoms with Gasteiger partial charge in [-0.05, 0) is 0 Å². The van der Waals surface area contributed by atoms with Crippen LogP contribution in [-0.4, -0.2) is 56.2 Å². The smallest absolute Gasteiger partial charge is 0.324 e. The molecule has 0 aromatic carbocycles. The van der Waals surface area contributed by atoms with Crippen LogP contribution in [0.25, 0.3) is 0 Å². The van der Waals surface area contributed by atoms with Gasteiger partial charge in [0.05, 0.1) is 6.26 Å². The van der Waals surface area contributed by atoms with E-state index in [0.717, 1.165) is 0 Å². The standard InChI is InChI=1S/C8H16N2O4S.ClH/c1-3-8(11)14-9-4-6-10(7-5-9)15(2,12)13;/h3-7H2,1-2H3;1H. The molecule has 0 spiro atoms. The largest absolute Gasteiger partial charge is 0.368 e. The van der Waals surface area contributed by atoms with E-state index in [-0.39, 0.29) is 18.4 Å². The second-order valence-electron chi connectivity index (χ2n) is 3.41. The van der Waals surface area contributed by atoms with E-state index in [9.17, 15) is 13.2 Å². The molecular weight excluding hydrogens is 256 g/mol. The van der Waals surface area contributed by atoms with Gasteiger partial charge >= 0.3 is 5.97 Å². The molecule has 0 amide bonds. The third-order valence-corrected chi connectivity index (χ3v) is 3.49. The average Bonchev–Trinajstić information content (AvgIpc) is 2.17. The molecule has 1 rings (SSSR count). The summed E-state index contributed by atoms with van der Waals surface area (Å²) in [6.45, 7) is 3.32. The second-order valence-corrected chi connectivity index (χ2v) is 5.39. The Labute approximate surface area is 102 Å². The Morgan fingerprint density at radius 1 is 1.25 bits per heavy atom. The zero-order valence-electron chi connectivity index (χ0n) is 9.38. The molecule has 1 heterocycles. The number of halogens is 1. The van der Waals surface area contributed by atoms with Gasteiger partial charge in [0.1, 0.15) is 0 Å². The first-order chi connectivity index (χ1) is 6.93. The molecule has 6 nitrogen and oxygen atoms in total. The fraction of sp³-hybridized carbons (Fsp3) is 0.875. The van der Waals surface area contributed by atoms with Gasteiger partial charge in [-0.3, -0.25) is 4.79 Å². The molecule has 0 aliphatic carbocycles. The highest BCUT2D eigenvalue weighted by Crippen LogP contribution is 2.06. The Morgan fingerprint density at radius 3 is 2.12 bits per heavy atom. The van der Waals surface area contributed by atoms with Crippen LogP contribution in [0, 0.1) is 0 Å². The molecule has 0 aromatic rings. The lowest BCUT2D eigenvalue weighted by Crippen LogP contribution is -2.48. The van der Waals surface area contributed by atoms with Gasteiger partial charge in [-0.2, -0.15) is 4.31 Å². The Kier molecular flexibility index (Phi) is 6.24. The van der Waals surface area contributed by atoms with Crippen molar-refractivity contribution in [3.05, 3.63) is 0 Å². The van der Waals surface area contributed by atoms with Crippen LogP contribution in [0.1, 0.15) is 13.3 Å². The Hall–Kier alpha value is -0.370. The van der Waals surface area contributed by atoms with Crippen LogP contribution < -0.4 is 0 Å². The van der Waals surface area contributed by atoms with Crippen LogP contribution in [0.5, 0.6) is 0 Å². The summed E-state index contributed by atoms with van der Waals surface area (Å²) in [6, 6.07) is 0. The molecule has 1 fully saturated rings. The van der Waals surface area contributed by atoms with Gasteiger partial charge in [0.15, 0.2) is 0 Å². The number of carbonyl (C=O) groups is 1. The van der Waals surface area contributed by atoms with Gasteiger partial charge < -0.3 is 4.84 Å². The van der Waals surface area contributed by atoms with Crippen LogP contribution in [0.3, 0.4) is 0 Å². The van der Waals surface area contributed by atoms with Crippen molar-refractivity contribution in [3.63, 3.8) is 0 Å². The molecule has 16 heavy (non-hydrogen) atoms. The number of rotatable bonds is 3. The Bertz CT molecular complexity index is 325. The molecule has 96 valence electrons. The topological polar surface area (TPSA) is 66.9 Å². The number of nitrogens with zero attached hydrogens (tertiary/aromatic N) is 2. The van der Waals surface area contributed by atoms with Crippen LogP contribution in [-0.2, 0) is 19.7 Å². The maximum absolute atomic E-state index is 11.2. The van der Waals surface area contributed by atoms with Gasteiger partial charge in [0.2, 0.25) is 10.0 Å². The highest BCUT2D eigenvalue weighted by atomic mass is 35.5. The van der Waals surface area contributed by atoms with Gasteiger partial charge in [0.25, 0.3) is 0 Å². The first-order valence-electron chi connectivity index (χ1n) is 4.84. The maximum atomic E-state index is 11.2. The van der Waals surface area contributed by atoms with Crippen molar-refractivity contribution in [1.82, 2.24) is 9.37 Å². The zero-order valence-corrected chi connectivity index (χ0v) is 11.0. The minimum absolute atomic E-state index is 0. The van der Waals surface area contributed by atoms with Crippen molar-refractivity contribution in [2.24, 2.45) is 0 Å². The Morgan fingerprint density at radius 2 is 1.75 bits per heavy atom. The summed E-state index contributed by atoms with van der Waals surface area (Å²) in [5.41, 5.74) is 0. The number of hydroxylamine groups is 2. The lowest BCUT2D eigenvalue weighted by molar-refractivity contribution is -0.194. The molecule has 1 aliphatic heterocycles. The summed E-state index contributed by atoms with van der Waals surface area (Å²) in [4.78, 5) is 15.9. The molecular formula is C8H17ClN2O4S. The monoisotopic (exact) mass is 272 g/mol. The van der Waals surface area contributed by atoms with E-state index in [1.165, 1.54) is 15.6 Å². The molecule has 0 unspecified atom stereocenters. The molecule has 1 saturated heterocycles. The van der Waals surface area contributed by atoms with E-state index in [2.05, 4.69) is 0 Å². The van der Waals surface area contributed by atoms with Crippen LogP contribution >= 0.6 is 12.4 Å². The summed E-state index contributed by atoms with van der Waals surface area (Å²) in [6.07, 6.45) is 1.51. The van der Waals surface area contributed by atoms with E-state index in [4.69, 9.17) is 4.84 Å². The number of hydrogen-bond donors (Lipinski definition) is 0. The van der Waals surface area contributed by atoms with Gasteiger partial charge in [-0.25, -0.2) is 8.42 Å². The number of carbonyl (C=O) groups excluding carboxylic acids is 1. The fourth-order valence-electron chi connectivity index (χ4n) is 1.30. The summed E-state index contributed by atoms with van der Waals surface area (Å²) in [7, 11) is -3.12. The van der Waals surface area contributed by atoms with Crippen molar-refractivity contribution in [1.29, 1.82) is 0 Å². The lowest BCUT2D eigenvalue weighted by Gasteiger charge is -2.31. The summed E-state index contributed by atoms with van der Waals surface area (Å²) < 4.78 is 23.7. The van der Waals surface area contributed by atoms with E-state index >= 15 is 0 Å². The van der Waals surface area contributed by atoms with Crippen molar-refractivity contribution < 1.29 is 18.0 Å². The van der Waals surface area contributed by atoms with E-state index in [1.54, 1.807) is 6.92 Å². The third kappa shape index (κ3) is 4.65. The lowest BCUT2D eigenvalue weighted by atomic mass is 10.4. The molecule has 0 saturated carbocycles.